The minimum absolute atomic E-state index is 0. The van der Waals surface area contributed by atoms with Crippen LogP contribution < -0.4 is 0 Å². The molecule has 0 unspecified atom stereocenters. The van der Waals surface area contributed by atoms with E-state index in [9.17, 15) is 0 Å². The van der Waals surface area contributed by atoms with Crippen molar-refractivity contribution >= 4 is 14.6 Å². The summed E-state index contributed by atoms with van der Waals surface area (Å²) in [6, 6.07) is 0. The van der Waals surface area contributed by atoms with Gasteiger partial charge in [0.05, 0.1) is 0 Å². The van der Waals surface area contributed by atoms with Crippen molar-refractivity contribution in [3.05, 3.63) is 0 Å². The first-order valence-corrected chi connectivity index (χ1v) is 5.43. The largest absolute Gasteiger partial charge is 0.481 e. The molecule has 0 saturated heterocycles. The van der Waals surface area contributed by atoms with Crippen LogP contribution in [-0.2, 0) is 25.2 Å². The second kappa shape index (κ2) is 7.80. The molecule has 2 nitrogen and oxygen atoms in total. The van der Waals surface area contributed by atoms with Crippen molar-refractivity contribution in [2.45, 2.75) is 58.8 Å². The SMILES string of the molecule is CC(=O)O.CC(C)(C)PC(C)(C)C.[Pd]. The fourth-order valence-electron chi connectivity index (χ4n) is 1.12. The number of rotatable bonds is 0. The van der Waals surface area contributed by atoms with Crippen LogP contribution in [0.1, 0.15) is 48.5 Å². The van der Waals surface area contributed by atoms with Crippen molar-refractivity contribution < 1.29 is 30.3 Å². The summed E-state index contributed by atoms with van der Waals surface area (Å²) >= 11 is 0. The Labute approximate surface area is 104 Å². The van der Waals surface area contributed by atoms with Gasteiger partial charge in [0, 0.05) is 27.3 Å². The van der Waals surface area contributed by atoms with Gasteiger partial charge >= 0.3 is 0 Å². The van der Waals surface area contributed by atoms with Gasteiger partial charge in [-0.15, -0.1) is 8.58 Å². The van der Waals surface area contributed by atoms with E-state index in [1.807, 2.05) is 0 Å². The van der Waals surface area contributed by atoms with E-state index in [0.29, 0.717) is 10.3 Å². The standard InChI is InChI=1S/C8H19P.C2H4O2.Pd/c1-7(2,3)9-8(4,5)6;1-2(3)4;/h9H,1-6H3;1H3,(H,3,4);. The summed E-state index contributed by atoms with van der Waals surface area (Å²) in [5.74, 6) is -0.833. The Hall–Kier alpha value is 0.562. The van der Waals surface area contributed by atoms with Crippen LogP contribution in [0.25, 0.3) is 0 Å². The first-order chi connectivity index (χ1) is 5.44. The zero-order valence-electron chi connectivity index (χ0n) is 10.2. The molecule has 0 bridgehead atoms. The summed E-state index contributed by atoms with van der Waals surface area (Å²) in [4.78, 5) is 9.00. The van der Waals surface area contributed by atoms with Gasteiger partial charge in [-0.2, -0.15) is 0 Å². The monoisotopic (exact) mass is 312 g/mol. The first kappa shape index (κ1) is 20.0. The molecular weight excluding hydrogens is 290 g/mol. The average molecular weight is 313 g/mol. The molecule has 0 amide bonds. The zero-order valence-corrected chi connectivity index (χ0v) is 12.7. The molecule has 0 aliphatic rings. The third-order valence-corrected chi connectivity index (χ3v) is 2.25. The van der Waals surface area contributed by atoms with Crippen LogP contribution >= 0.6 is 8.58 Å². The van der Waals surface area contributed by atoms with Gasteiger partial charge in [-0.1, -0.05) is 41.5 Å². The maximum absolute atomic E-state index is 9.00. The fourth-order valence-corrected chi connectivity index (χ4v) is 3.38. The second-order valence-corrected chi connectivity index (χ2v) is 8.39. The summed E-state index contributed by atoms with van der Waals surface area (Å²) in [7, 11) is 1.05. The minimum Gasteiger partial charge on any atom is -0.481 e. The van der Waals surface area contributed by atoms with Crippen LogP contribution in [-0.4, -0.2) is 21.4 Å². The van der Waals surface area contributed by atoms with Crippen molar-refractivity contribution in [2.24, 2.45) is 0 Å². The number of aliphatic carboxylic acids is 1. The fraction of sp³-hybridized carbons (Fsp3) is 0.900. The third kappa shape index (κ3) is 39.0. The van der Waals surface area contributed by atoms with Crippen LogP contribution in [0.3, 0.4) is 0 Å². The Bertz CT molecular complexity index is 140. The van der Waals surface area contributed by atoms with Crippen molar-refractivity contribution in [3.8, 4) is 0 Å². The van der Waals surface area contributed by atoms with Crippen molar-refractivity contribution in [1.29, 1.82) is 0 Å². The van der Waals surface area contributed by atoms with E-state index >= 15 is 0 Å². The summed E-state index contributed by atoms with van der Waals surface area (Å²) in [6.07, 6.45) is 0. The molecular formula is C10H23O2PPd. The van der Waals surface area contributed by atoms with Crippen molar-refractivity contribution in [3.63, 3.8) is 0 Å². The Kier molecular flexibility index (Phi) is 11.2. The molecule has 0 radical (unpaired) electrons. The Morgan fingerprint density at radius 3 is 1.14 bits per heavy atom. The molecule has 0 rings (SSSR count). The number of carboxylic acid groups (broad SMARTS) is 1. The first-order valence-electron chi connectivity index (χ1n) is 4.43. The van der Waals surface area contributed by atoms with Crippen LogP contribution in [0.5, 0.6) is 0 Å². The number of carbonyl (C=O) groups is 1. The van der Waals surface area contributed by atoms with Crippen LogP contribution in [0.4, 0.5) is 0 Å². The summed E-state index contributed by atoms with van der Waals surface area (Å²) < 4.78 is 0. The number of hydrogen-bond donors (Lipinski definition) is 1. The van der Waals surface area contributed by atoms with Gasteiger partial charge in [0.15, 0.2) is 0 Å². The summed E-state index contributed by atoms with van der Waals surface area (Å²) in [6.45, 7) is 14.9. The summed E-state index contributed by atoms with van der Waals surface area (Å²) in [5.41, 5.74) is 0. The van der Waals surface area contributed by atoms with Gasteiger partial charge in [0.25, 0.3) is 5.97 Å². The number of carboxylic acids is 1. The molecule has 0 aromatic heterocycles. The molecule has 0 aromatic carbocycles. The van der Waals surface area contributed by atoms with Gasteiger partial charge in [-0.25, -0.2) is 0 Å². The maximum Gasteiger partial charge on any atom is 0.300 e. The van der Waals surface area contributed by atoms with E-state index in [1.54, 1.807) is 0 Å². The van der Waals surface area contributed by atoms with Crippen molar-refractivity contribution in [2.75, 3.05) is 0 Å². The van der Waals surface area contributed by atoms with Crippen LogP contribution in [0, 0.1) is 0 Å². The van der Waals surface area contributed by atoms with Gasteiger partial charge in [0.2, 0.25) is 0 Å². The van der Waals surface area contributed by atoms with E-state index in [0.717, 1.165) is 15.5 Å². The van der Waals surface area contributed by atoms with Gasteiger partial charge in [-0.05, 0) is 10.3 Å². The molecule has 0 aliphatic heterocycles. The molecule has 1 N–H and O–H groups in total. The molecule has 0 spiro atoms. The maximum atomic E-state index is 9.00. The molecule has 0 heterocycles. The zero-order chi connectivity index (χ0) is 11.3. The van der Waals surface area contributed by atoms with E-state index in [1.165, 1.54) is 0 Å². The predicted molar refractivity (Wildman–Crippen MR) is 61.1 cm³/mol. The summed E-state index contributed by atoms with van der Waals surface area (Å²) in [5, 5.41) is 8.44. The Balaban J connectivity index is -0.000000209. The van der Waals surface area contributed by atoms with E-state index in [4.69, 9.17) is 9.90 Å². The average Bonchev–Trinajstić information content (AvgIpc) is 1.47. The predicted octanol–water partition coefficient (Wildman–Crippen LogP) is 3.35. The van der Waals surface area contributed by atoms with E-state index < -0.39 is 5.97 Å². The molecule has 90 valence electrons. The van der Waals surface area contributed by atoms with Gasteiger partial charge < -0.3 is 5.11 Å². The smallest absolute Gasteiger partial charge is 0.300 e. The molecule has 0 saturated carbocycles. The van der Waals surface area contributed by atoms with Gasteiger partial charge in [0.1, 0.15) is 0 Å². The topological polar surface area (TPSA) is 37.3 Å². The minimum atomic E-state index is -0.833. The Morgan fingerprint density at radius 2 is 1.14 bits per heavy atom. The molecule has 14 heavy (non-hydrogen) atoms. The van der Waals surface area contributed by atoms with Gasteiger partial charge in [-0.3, -0.25) is 4.79 Å². The van der Waals surface area contributed by atoms with E-state index in [-0.39, 0.29) is 20.4 Å². The molecule has 0 fully saturated rings. The second-order valence-electron chi connectivity index (χ2n) is 5.14. The Morgan fingerprint density at radius 1 is 1.00 bits per heavy atom. The third-order valence-electron chi connectivity index (χ3n) is 0.750. The molecule has 0 aromatic rings. The molecule has 4 heteroatoms. The number of hydrogen-bond acceptors (Lipinski definition) is 1. The normalized spacial score (nSPS) is 10.8. The van der Waals surface area contributed by atoms with E-state index in [2.05, 4.69) is 41.5 Å². The van der Waals surface area contributed by atoms with Crippen LogP contribution in [0.2, 0.25) is 0 Å². The van der Waals surface area contributed by atoms with Crippen LogP contribution in [0.15, 0.2) is 0 Å². The van der Waals surface area contributed by atoms with Crippen molar-refractivity contribution in [1.82, 2.24) is 0 Å². The quantitative estimate of drug-likeness (QED) is 0.550. The molecule has 0 atom stereocenters. The molecule has 0 aliphatic carbocycles.